The third-order valence-electron chi connectivity index (χ3n) is 4.23. The predicted octanol–water partition coefficient (Wildman–Crippen LogP) is -1.35. The normalized spacial score (nSPS) is 26.7. The third kappa shape index (κ3) is 3.99. The number of ether oxygens (including phenoxy) is 2. The fourth-order valence-corrected chi connectivity index (χ4v) is 3.46. The molecule has 0 aliphatic carbocycles. The number of aromatic nitrogens is 4. The molecule has 3 heterocycles. The molecule has 0 saturated carbocycles. The first kappa shape index (κ1) is 21.3. The molecule has 0 bridgehead atoms. The van der Waals surface area contributed by atoms with Crippen molar-refractivity contribution < 1.29 is 39.1 Å². The number of hydrogen-bond donors (Lipinski definition) is 6. The number of rotatable bonds is 7. The molecular weight excluding hydrogens is 421 g/mol. The van der Waals surface area contributed by atoms with E-state index in [0.717, 1.165) is 0 Å². The maximum absolute atomic E-state index is 11.2. The molecule has 3 rings (SSSR count). The maximum Gasteiger partial charge on any atom is 0.356 e. The molecule has 1 saturated heterocycles. The second-order valence-electron chi connectivity index (χ2n) is 6.02. The summed E-state index contributed by atoms with van der Waals surface area (Å²) in [5, 5.41) is 37.0. The van der Waals surface area contributed by atoms with Crippen molar-refractivity contribution in [2.75, 3.05) is 25.6 Å². The Balaban J connectivity index is 1.82. The monoisotopic (exact) mass is 439 g/mol. The van der Waals surface area contributed by atoms with Gasteiger partial charge in [-0.05, 0) is 11.6 Å². The summed E-state index contributed by atoms with van der Waals surface area (Å²) < 4.78 is 23.0. The van der Waals surface area contributed by atoms with Crippen LogP contribution in [-0.2, 0) is 14.0 Å². The number of halogens is 1. The molecule has 0 aromatic carbocycles. The van der Waals surface area contributed by atoms with E-state index in [2.05, 4.69) is 20.4 Å². The molecular formula is C13H19ClN5O8P. The van der Waals surface area contributed by atoms with Gasteiger partial charge >= 0.3 is 7.60 Å². The van der Waals surface area contributed by atoms with Gasteiger partial charge in [-0.3, -0.25) is 4.57 Å². The first-order valence-corrected chi connectivity index (χ1v) is 10.1. The fourth-order valence-electron chi connectivity index (χ4n) is 2.81. The standard InChI is InChI=1S/C13H19ClN5O8P/c1-15-10-5-2-16-19(11(5)18-13(14)17-10)12-9(22)8(21)6(27-12)4-26-7(3-20)28(23,24)25/h2,6-9,12,20-22H,3-4H2,1H3,(H,15,17,18)(H2,23,24,25)/t6-,7?,8-,9-,12-/m1/s1. The molecule has 15 heteroatoms. The van der Waals surface area contributed by atoms with E-state index in [-0.39, 0.29) is 10.9 Å². The van der Waals surface area contributed by atoms with Crippen LogP contribution in [0.5, 0.6) is 0 Å². The van der Waals surface area contributed by atoms with Crippen LogP contribution in [0, 0.1) is 0 Å². The highest BCUT2D eigenvalue weighted by atomic mass is 35.5. The van der Waals surface area contributed by atoms with Crippen molar-refractivity contribution in [1.82, 2.24) is 19.7 Å². The van der Waals surface area contributed by atoms with Gasteiger partial charge in [0, 0.05) is 7.05 Å². The van der Waals surface area contributed by atoms with Crippen LogP contribution in [0.3, 0.4) is 0 Å². The Morgan fingerprint density at radius 3 is 2.71 bits per heavy atom. The Kier molecular flexibility index (Phi) is 6.20. The number of hydrogen-bond acceptors (Lipinski definition) is 10. The first-order chi connectivity index (χ1) is 13.2. The van der Waals surface area contributed by atoms with Crippen molar-refractivity contribution in [1.29, 1.82) is 0 Å². The van der Waals surface area contributed by atoms with Crippen LogP contribution < -0.4 is 5.32 Å². The highest BCUT2D eigenvalue weighted by molar-refractivity contribution is 7.52. The Morgan fingerprint density at radius 1 is 1.39 bits per heavy atom. The summed E-state index contributed by atoms with van der Waals surface area (Å²) in [6.45, 7) is -1.41. The molecule has 13 nitrogen and oxygen atoms in total. The van der Waals surface area contributed by atoms with Crippen LogP contribution in [0.25, 0.3) is 11.0 Å². The molecule has 28 heavy (non-hydrogen) atoms. The Labute approximate surface area is 163 Å². The molecule has 2 aromatic heterocycles. The smallest absolute Gasteiger partial charge is 0.356 e. The first-order valence-electron chi connectivity index (χ1n) is 8.05. The van der Waals surface area contributed by atoms with Gasteiger partial charge < -0.3 is 39.9 Å². The average molecular weight is 440 g/mol. The van der Waals surface area contributed by atoms with Gasteiger partial charge in [0.15, 0.2) is 17.7 Å². The highest BCUT2D eigenvalue weighted by Crippen LogP contribution is 2.42. The number of nitrogens with zero attached hydrogens (tertiary/aromatic N) is 4. The topological polar surface area (TPSA) is 192 Å². The van der Waals surface area contributed by atoms with Gasteiger partial charge in [-0.1, -0.05) is 0 Å². The molecule has 2 aromatic rings. The number of aliphatic hydroxyl groups is 3. The van der Waals surface area contributed by atoms with Crippen LogP contribution in [0.4, 0.5) is 5.82 Å². The minimum Gasteiger partial charge on any atom is -0.393 e. The van der Waals surface area contributed by atoms with Crippen LogP contribution >= 0.6 is 19.2 Å². The van der Waals surface area contributed by atoms with E-state index in [4.69, 9.17) is 36.0 Å². The molecule has 0 amide bonds. The van der Waals surface area contributed by atoms with E-state index in [1.807, 2.05) is 0 Å². The summed E-state index contributed by atoms with van der Waals surface area (Å²) in [6, 6.07) is 0. The van der Waals surface area contributed by atoms with E-state index in [1.165, 1.54) is 10.9 Å². The molecule has 0 radical (unpaired) electrons. The van der Waals surface area contributed by atoms with E-state index in [9.17, 15) is 14.8 Å². The van der Waals surface area contributed by atoms with Crippen molar-refractivity contribution in [3.05, 3.63) is 11.5 Å². The zero-order valence-electron chi connectivity index (χ0n) is 14.5. The van der Waals surface area contributed by atoms with Gasteiger partial charge in [0.1, 0.15) is 24.1 Å². The third-order valence-corrected chi connectivity index (χ3v) is 5.46. The SMILES string of the molecule is CNc1nc(Cl)nc2c1cnn2[C@@H]1O[C@H](COC(CO)P(=O)(O)O)[C@@H](O)[C@H]1O. The number of anilines is 1. The van der Waals surface area contributed by atoms with E-state index < -0.39 is 51.2 Å². The minimum atomic E-state index is -4.71. The molecule has 1 fully saturated rings. The van der Waals surface area contributed by atoms with Crippen molar-refractivity contribution >= 4 is 36.0 Å². The molecule has 1 aliphatic rings. The van der Waals surface area contributed by atoms with Crippen LogP contribution in [0.2, 0.25) is 5.28 Å². The van der Waals surface area contributed by atoms with E-state index in [1.54, 1.807) is 7.05 Å². The summed E-state index contributed by atoms with van der Waals surface area (Å²) in [6.07, 6.45) is -3.76. The molecule has 156 valence electrons. The van der Waals surface area contributed by atoms with Gasteiger partial charge in [-0.2, -0.15) is 10.1 Å². The average Bonchev–Trinajstić information content (AvgIpc) is 3.16. The van der Waals surface area contributed by atoms with Gasteiger partial charge in [-0.15, -0.1) is 0 Å². The molecule has 6 N–H and O–H groups in total. The van der Waals surface area contributed by atoms with Crippen molar-refractivity contribution in [2.45, 2.75) is 30.4 Å². The van der Waals surface area contributed by atoms with Crippen molar-refractivity contribution in [3.63, 3.8) is 0 Å². The van der Waals surface area contributed by atoms with Crippen molar-refractivity contribution in [3.8, 4) is 0 Å². The van der Waals surface area contributed by atoms with E-state index >= 15 is 0 Å². The summed E-state index contributed by atoms with van der Waals surface area (Å²) in [5.41, 5.74) is 0.241. The van der Waals surface area contributed by atoms with E-state index in [0.29, 0.717) is 11.2 Å². The summed E-state index contributed by atoms with van der Waals surface area (Å²) in [7, 11) is -3.08. The second kappa shape index (κ2) is 8.14. The lowest BCUT2D eigenvalue weighted by Crippen LogP contribution is -2.35. The van der Waals surface area contributed by atoms with Crippen LogP contribution in [0.1, 0.15) is 6.23 Å². The summed E-state index contributed by atoms with van der Waals surface area (Å²) in [5.74, 6) is -1.36. The zero-order valence-corrected chi connectivity index (χ0v) is 16.1. The number of fused-ring (bicyclic) bond motifs is 1. The quantitative estimate of drug-likeness (QED) is 0.220. The predicted molar refractivity (Wildman–Crippen MR) is 94.7 cm³/mol. The molecule has 0 spiro atoms. The lowest BCUT2D eigenvalue weighted by atomic mass is 10.1. The minimum absolute atomic E-state index is 0.0704. The Morgan fingerprint density at radius 2 is 2.11 bits per heavy atom. The number of aliphatic hydroxyl groups excluding tert-OH is 3. The zero-order chi connectivity index (χ0) is 20.6. The molecule has 5 atom stereocenters. The fraction of sp³-hybridized carbons (Fsp3) is 0.615. The lowest BCUT2D eigenvalue weighted by Gasteiger charge is -2.20. The second-order valence-corrected chi connectivity index (χ2v) is 8.12. The molecule has 1 unspecified atom stereocenters. The van der Waals surface area contributed by atoms with Gasteiger partial charge in [0.2, 0.25) is 5.28 Å². The Hall–Kier alpha value is -1.41. The molecule has 1 aliphatic heterocycles. The van der Waals surface area contributed by atoms with Crippen LogP contribution in [-0.4, -0.2) is 89.3 Å². The highest BCUT2D eigenvalue weighted by Gasteiger charge is 2.45. The van der Waals surface area contributed by atoms with Gasteiger partial charge in [0.25, 0.3) is 0 Å². The summed E-state index contributed by atoms with van der Waals surface area (Å²) >= 11 is 5.90. The lowest BCUT2D eigenvalue weighted by molar-refractivity contribution is -0.0807. The maximum atomic E-state index is 11.2. The van der Waals surface area contributed by atoms with Gasteiger partial charge in [0.05, 0.1) is 24.8 Å². The summed E-state index contributed by atoms with van der Waals surface area (Å²) in [4.78, 5) is 26.3. The largest absolute Gasteiger partial charge is 0.393 e. The van der Waals surface area contributed by atoms with Gasteiger partial charge in [-0.25, -0.2) is 9.67 Å². The van der Waals surface area contributed by atoms with Crippen molar-refractivity contribution in [2.24, 2.45) is 0 Å². The Bertz CT molecular complexity index is 893. The van der Waals surface area contributed by atoms with Crippen LogP contribution in [0.15, 0.2) is 6.20 Å². The number of nitrogens with one attached hydrogen (secondary N) is 1.